The molecule has 84 valence electrons. The molecule has 0 radical (unpaired) electrons. The molecular formula is C8H14F3NO2. The second kappa shape index (κ2) is 5.85. The average Bonchev–Trinajstić information content (AvgIpc) is 1.94. The van der Waals surface area contributed by atoms with E-state index in [1.807, 2.05) is 0 Å². The van der Waals surface area contributed by atoms with Crippen LogP contribution >= 0.6 is 0 Å². The van der Waals surface area contributed by atoms with E-state index in [0.717, 1.165) is 0 Å². The molecule has 0 aromatic rings. The molecule has 0 aromatic heterocycles. The van der Waals surface area contributed by atoms with Crippen molar-refractivity contribution in [2.75, 3.05) is 6.54 Å². The summed E-state index contributed by atoms with van der Waals surface area (Å²) in [6.07, 6.45) is -5.45. The number of alkyl halides is 3. The van der Waals surface area contributed by atoms with Gasteiger partial charge in [0.05, 0.1) is 6.10 Å². The quantitative estimate of drug-likeness (QED) is 0.674. The van der Waals surface area contributed by atoms with Gasteiger partial charge in [0.2, 0.25) is 5.91 Å². The molecule has 0 bridgehead atoms. The summed E-state index contributed by atoms with van der Waals surface area (Å²) in [7, 11) is 0. The van der Waals surface area contributed by atoms with Gasteiger partial charge in [-0.05, 0) is 19.8 Å². The molecule has 6 heteroatoms. The van der Waals surface area contributed by atoms with Gasteiger partial charge in [0.1, 0.15) is 6.42 Å². The van der Waals surface area contributed by atoms with E-state index in [0.29, 0.717) is 12.8 Å². The van der Waals surface area contributed by atoms with Crippen LogP contribution < -0.4 is 5.32 Å². The third kappa shape index (κ3) is 9.31. The number of halogens is 3. The van der Waals surface area contributed by atoms with E-state index in [-0.39, 0.29) is 6.54 Å². The summed E-state index contributed by atoms with van der Waals surface area (Å²) in [5, 5.41) is 10.9. The van der Waals surface area contributed by atoms with Crippen LogP contribution in [0.25, 0.3) is 0 Å². The maximum Gasteiger partial charge on any atom is 0.397 e. The Morgan fingerprint density at radius 3 is 2.50 bits per heavy atom. The summed E-state index contributed by atoms with van der Waals surface area (Å²) in [4.78, 5) is 10.6. The molecule has 0 saturated heterocycles. The number of aliphatic hydroxyl groups excluding tert-OH is 1. The highest BCUT2D eigenvalue weighted by Crippen LogP contribution is 2.18. The van der Waals surface area contributed by atoms with E-state index in [1.165, 1.54) is 0 Å². The fourth-order valence-electron chi connectivity index (χ4n) is 0.870. The molecular weight excluding hydrogens is 199 g/mol. The van der Waals surface area contributed by atoms with E-state index >= 15 is 0 Å². The number of aliphatic hydroxyl groups is 1. The molecule has 0 aliphatic carbocycles. The second-order valence-electron chi connectivity index (χ2n) is 3.13. The van der Waals surface area contributed by atoms with Gasteiger partial charge in [-0.25, -0.2) is 0 Å². The Balaban J connectivity index is 3.46. The number of amides is 1. The lowest BCUT2D eigenvalue weighted by Crippen LogP contribution is -2.29. The molecule has 0 rings (SSSR count). The lowest BCUT2D eigenvalue weighted by molar-refractivity contribution is -0.153. The van der Waals surface area contributed by atoms with Crippen molar-refractivity contribution >= 4 is 5.91 Å². The molecule has 0 aliphatic heterocycles. The van der Waals surface area contributed by atoms with Crippen molar-refractivity contribution in [3.05, 3.63) is 0 Å². The Labute approximate surface area is 80.3 Å². The summed E-state index contributed by atoms with van der Waals surface area (Å²) < 4.78 is 34.9. The van der Waals surface area contributed by atoms with Crippen LogP contribution in [0, 0.1) is 0 Å². The highest BCUT2D eigenvalue weighted by Gasteiger charge is 2.30. The number of nitrogens with one attached hydrogen (secondary N) is 1. The van der Waals surface area contributed by atoms with Crippen molar-refractivity contribution in [2.24, 2.45) is 0 Å². The summed E-state index contributed by atoms with van der Waals surface area (Å²) in [5.74, 6) is -1.02. The summed E-state index contributed by atoms with van der Waals surface area (Å²) in [6.45, 7) is 1.75. The molecule has 0 spiro atoms. The number of hydrogen-bond acceptors (Lipinski definition) is 2. The van der Waals surface area contributed by atoms with E-state index in [9.17, 15) is 18.0 Å². The van der Waals surface area contributed by atoms with Crippen molar-refractivity contribution < 1.29 is 23.1 Å². The second-order valence-corrected chi connectivity index (χ2v) is 3.13. The normalized spacial score (nSPS) is 13.8. The summed E-state index contributed by atoms with van der Waals surface area (Å²) in [5.41, 5.74) is 0. The van der Waals surface area contributed by atoms with Crippen LogP contribution in [0.1, 0.15) is 26.2 Å². The van der Waals surface area contributed by atoms with Gasteiger partial charge in [-0.1, -0.05) is 0 Å². The zero-order chi connectivity index (χ0) is 11.2. The predicted octanol–water partition coefficient (Wildman–Crippen LogP) is 1.22. The van der Waals surface area contributed by atoms with Gasteiger partial charge >= 0.3 is 6.18 Å². The number of carbonyl (C=O) groups is 1. The van der Waals surface area contributed by atoms with Gasteiger partial charge < -0.3 is 10.4 Å². The Morgan fingerprint density at radius 1 is 1.50 bits per heavy atom. The molecule has 0 heterocycles. The Morgan fingerprint density at radius 2 is 2.07 bits per heavy atom. The molecule has 1 atom stereocenters. The van der Waals surface area contributed by atoms with Crippen LogP contribution in [0.4, 0.5) is 13.2 Å². The van der Waals surface area contributed by atoms with Gasteiger partial charge in [0, 0.05) is 6.54 Å². The van der Waals surface area contributed by atoms with E-state index in [2.05, 4.69) is 5.32 Å². The standard InChI is InChI=1S/C8H14F3NO2/c1-6(13)3-2-4-12-7(14)5-8(9,10)11/h6,13H,2-5H2,1H3,(H,12,14). The molecule has 0 saturated carbocycles. The van der Waals surface area contributed by atoms with E-state index in [4.69, 9.17) is 5.11 Å². The Kier molecular flexibility index (Phi) is 5.52. The Bertz CT molecular complexity index is 180. The summed E-state index contributed by atoms with van der Waals surface area (Å²) in [6, 6.07) is 0. The molecule has 3 nitrogen and oxygen atoms in total. The lowest BCUT2D eigenvalue weighted by atomic mass is 10.2. The van der Waals surface area contributed by atoms with Crippen LogP contribution in [0.5, 0.6) is 0 Å². The molecule has 0 aliphatic rings. The topological polar surface area (TPSA) is 49.3 Å². The van der Waals surface area contributed by atoms with Gasteiger partial charge in [-0.15, -0.1) is 0 Å². The lowest BCUT2D eigenvalue weighted by Gasteiger charge is -2.08. The predicted molar refractivity (Wildman–Crippen MR) is 44.6 cm³/mol. The minimum Gasteiger partial charge on any atom is -0.393 e. The average molecular weight is 213 g/mol. The molecule has 2 N–H and O–H groups in total. The van der Waals surface area contributed by atoms with E-state index in [1.54, 1.807) is 6.92 Å². The van der Waals surface area contributed by atoms with Gasteiger partial charge in [0.25, 0.3) is 0 Å². The van der Waals surface area contributed by atoms with Crippen molar-refractivity contribution in [3.63, 3.8) is 0 Å². The van der Waals surface area contributed by atoms with Crippen LogP contribution in [-0.4, -0.2) is 29.8 Å². The molecule has 1 amide bonds. The maximum atomic E-state index is 11.6. The fraction of sp³-hybridized carbons (Fsp3) is 0.875. The minimum absolute atomic E-state index is 0.166. The van der Waals surface area contributed by atoms with Crippen LogP contribution in [-0.2, 0) is 4.79 Å². The molecule has 0 fully saturated rings. The molecule has 14 heavy (non-hydrogen) atoms. The van der Waals surface area contributed by atoms with Crippen molar-refractivity contribution in [3.8, 4) is 0 Å². The number of hydrogen-bond donors (Lipinski definition) is 2. The smallest absolute Gasteiger partial charge is 0.393 e. The monoisotopic (exact) mass is 213 g/mol. The van der Waals surface area contributed by atoms with Crippen LogP contribution in [0.2, 0.25) is 0 Å². The zero-order valence-corrected chi connectivity index (χ0v) is 7.90. The molecule has 1 unspecified atom stereocenters. The van der Waals surface area contributed by atoms with Gasteiger partial charge in [0.15, 0.2) is 0 Å². The first kappa shape index (κ1) is 13.2. The maximum absolute atomic E-state index is 11.6. The number of carbonyl (C=O) groups excluding carboxylic acids is 1. The first-order chi connectivity index (χ1) is 6.31. The Hall–Kier alpha value is -0.780. The highest BCUT2D eigenvalue weighted by atomic mass is 19.4. The molecule has 0 aromatic carbocycles. The largest absolute Gasteiger partial charge is 0.397 e. The third-order valence-corrected chi connectivity index (χ3v) is 1.48. The van der Waals surface area contributed by atoms with Gasteiger partial charge in [-0.3, -0.25) is 4.79 Å². The first-order valence-electron chi connectivity index (χ1n) is 4.33. The van der Waals surface area contributed by atoms with Crippen LogP contribution in [0.15, 0.2) is 0 Å². The first-order valence-corrected chi connectivity index (χ1v) is 4.33. The van der Waals surface area contributed by atoms with Crippen molar-refractivity contribution in [1.82, 2.24) is 5.32 Å². The SMILES string of the molecule is CC(O)CCCNC(=O)CC(F)(F)F. The highest BCUT2D eigenvalue weighted by molar-refractivity contribution is 5.76. The third-order valence-electron chi connectivity index (χ3n) is 1.48. The van der Waals surface area contributed by atoms with Crippen LogP contribution in [0.3, 0.4) is 0 Å². The van der Waals surface area contributed by atoms with Crippen molar-refractivity contribution in [2.45, 2.75) is 38.5 Å². The fourth-order valence-corrected chi connectivity index (χ4v) is 0.870. The summed E-state index contributed by atoms with van der Waals surface area (Å²) >= 11 is 0. The number of rotatable bonds is 5. The van der Waals surface area contributed by atoms with Gasteiger partial charge in [-0.2, -0.15) is 13.2 Å². The minimum atomic E-state index is -4.45. The van der Waals surface area contributed by atoms with E-state index < -0.39 is 24.6 Å². The van der Waals surface area contributed by atoms with Crippen molar-refractivity contribution in [1.29, 1.82) is 0 Å². The zero-order valence-electron chi connectivity index (χ0n) is 7.90.